The van der Waals surface area contributed by atoms with E-state index in [2.05, 4.69) is 32.7 Å². The van der Waals surface area contributed by atoms with Crippen LogP contribution >= 0.6 is 11.3 Å². The van der Waals surface area contributed by atoms with Gasteiger partial charge >= 0.3 is 0 Å². The third-order valence-corrected chi connectivity index (χ3v) is 5.87. The van der Waals surface area contributed by atoms with E-state index >= 15 is 0 Å². The molecule has 1 aliphatic rings. The van der Waals surface area contributed by atoms with Crippen molar-refractivity contribution in [3.63, 3.8) is 0 Å². The van der Waals surface area contributed by atoms with E-state index in [0.717, 1.165) is 64.5 Å². The molecule has 4 N–H and O–H groups in total. The van der Waals surface area contributed by atoms with Crippen molar-refractivity contribution in [3.8, 4) is 0 Å². The number of benzene rings is 2. The summed E-state index contributed by atoms with van der Waals surface area (Å²) in [5, 5.41) is 8.75. The third-order valence-electron chi connectivity index (χ3n) is 4.86. The van der Waals surface area contributed by atoms with Crippen molar-refractivity contribution in [2.75, 3.05) is 37.2 Å². The van der Waals surface area contributed by atoms with Crippen molar-refractivity contribution in [2.45, 2.75) is 6.54 Å². The number of nitrogens with two attached hydrogens (primary N) is 1. The number of nitrogen functional groups attached to an aromatic ring is 1. The van der Waals surface area contributed by atoms with Crippen molar-refractivity contribution >= 4 is 49.8 Å². The minimum atomic E-state index is 0.544. The van der Waals surface area contributed by atoms with Crippen LogP contribution in [0.1, 0.15) is 5.01 Å². The van der Waals surface area contributed by atoms with Gasteiger partial charge in [-0.15, -0.1) is 11.3 Å². The lowest BCUT2D eigenvalue weighted by Crippen LogP contribution is -2.42. The zero-order chi connectivity index (χ0) is 18.9. The Morgan fingerprint density at radius 2 is 2.00 bits per heavy atom. The smallest absolute Gasteiger partial charge is 0.227 e. The Morgan fingerprint density at radius 3 is 2.86 bits per heavy atom. The molecule has 2 aromatic carbocycles. The molecule has 2 aromatic heterocycles. The second kappa shape index (κ2) is 7.31. The lowest BCUT2D eigenvalue weighted by atomic mass is 10.2. The van der Waals surface area contributed by atoms with Crippen molar-refractivity contribution < 1.29 is 0 Å². The molecule has 0 amide bonds. The highest BCUT2D eigenvalue weighted by Crippen LogP contribution is 2.29. The van der Waals surface area contributed by atoms with E-state index < -0.39 is 0 Å². The molecule has 1 aliphatic heterocycles. The van der Waals surface area contributed by atoms with Gasteiger partial charge in [-0.05, 0) is 30.3 Å². The van der Waals surface area contributed by atoms with Crippen LogP contribution in [0.4, 0.5) is 17.3 Å². The molecular weight excluding hydrogens is 370 g/mol. The van der Waals surface area contributed by atoms with Gasteiger partial charge in [-0.3, -0.25) is 4.90 Å². The standard InChI is InChI=1S/C20H21N7S/c21-14-2-1-3-15(10-14)24-20-23-11-13-4-5-16-19(18(13)26-20)25-17(28-16)12-27-8-6-22-7-9-27/h1-5,10-11,22H,6-9,12,21H2,(H,23,24,26). The summed E-state index contributed by atoms with van der Waals surface area (Å²) in [6, 6.07) is 11.7. The van der Waals surface area contributed by atoms with E-state index in [0.29, 0.717) is 11.6 Å². The molecule has 142 valence electrons. The van der Waals surface area contributed by atoms with Gasteiger partial charge in [-0.1, -0.05) is 6.07 Å². The molecular formula is C20H21N7S. The van der Waals surface area contributed by atoms with Crippen LogP contribution in [0.2, 0.25) is 0 Å². The molecule has 0 bridgehead atoms. The molecule has 0 radical (unpaired) electrons. The molecule has 3 heterocycles. The number of piperazine rings is 1. The molecule has 28 heavy (non-hydrogen) atoms. The fourth-order valence-corrected chi connectivity index (χ4v) is 4.48. The minimum absolute atomic E-state index is 0.544. The van der Waals surface area contributed by atoms with Gasteiger partial charge in [-0.25, -0.2) is 15.0 Å². The van der Waals surface area contributed by atoms with E-state index in [1.54, 1.807) is 11.3 Å². The van der Waals surface area contributed by atoms with Crippen LogP contribution < -0.4 is 16.4 Å². The van der Waals surface area contributed by atoms with Crippen LogP contribution in [-0.4, -0.2) is 46.0 Å². The SMILES string of the molecule is Nc1cccc(Nc2ncc3ccc4sc(CN5CCNCC5)nc4c3n2)c1. The van der Waals surface area contributed by atoms with Crippen LogP contribution in [0, 0.1) is 0 Å². The Balaban J connectivity index is 1.48. The molecule has 8 heteroatoms. The molecule has 5 rings (SSSR count). The number of nitrogens with zero attached hydrogens (tertiary/aromatic N) is 4. The number of anilines is 3. The zero-order valence-corrected chi connectivity index (χ0v) is 16.2. The van der Waals surface area contributed by atoms with Crippen molar-refractivity contribution in [1.82, 2.24) is 25.2 Å². The van der Waals surface area contributed by atoms with Gasteiger partial charge in [0.1, 0.15) is 16.0 Å². The van der Waals surface area contributed by atoms with E-state index in [4.69, 9.17) is 15.7 Å². The summed E-state index contributed by atoms with van der Waals surface area (Å²) in [6.07, 6.45) is 1.84. The summed E-state index contributed by atoms with van der Waals surface area (Å²) in [5.74, 6) is 0.544. The Labute approximate surface area is 166 Å². The molecule has 4 aromatic rings. The summed E-state index contributed by atoms with van der Waals surface area (Å²) in [5.41, 5.74) is 9.25. The first-order chi connectivity index (χ1) is 13.7. The van der Waals surface area contributed by atoms with E-state index in [-0.39, 0.29) is 0 Å². The Bertz CT molecular complexity index is 1130. The molecule has 0 saturated carbocycles. The average Bonchev–Trinajstić information content (AvgIpc) is 3.12. The highest BCUT2D eigenvalue weighted by atomic mass is 32.1. The summed E-state index contributed by atoms with van der Waals surface area (Å²) in [4.78, 5) is 16.5. The third kappa shape index (κ3) is 3.49. The number of hydrogen-bond acceptors (Lipinski definition) is 8. The molecule has 0 atom stereocenters. The molecule has 0 unspecified atom stereocenters. The Hall–Kier alpha value is -2.81. The maximum atomic E-state index is 5.86. The number of thiazole rings is 1. The van der Waals surface area contributed by atoms with E-state index in [1.165, 1.54) is 0 Å². The van der Waals surface area contributed by atoms with Crippen molar-refractivity contribution in [3.05, 3.63) is 47.6 Å². The van der Waals surface area contributed by atoms with Gasteiger partial charge in [0, 0.05) is 49.1 Å². The van der Waals surface area contributed by atoms with Crippen LogP contribution in [0.25, 0.3) is 21.1 Å². The topological polar surface area (TPSA) is 92.0 Å². The first-order valence-corrected chi connectivity index (χ1v) is 10.2. The van der Waals surface area contributed by atoms with Crippen molar-refractivity contribution in [2.24, 2.45) is 0 Å². The summed E-state index contributed by atoms with van der Waals surface area (Å²) < 4.78 is 1.16. The number of nitrogens with one attached hydrogen (secondary N) is 2. The summed E-state index contributed by atoms with van der Waals surface area (Å²) >= 11 is 1.75. The molecule has 7 nitrogen and oxygen atoms in total. The van der Waals surface area contributed by atoms with E-state index in [1.807, 2.05) is 30.5 Å². The molecule has 0 spiro atoms. The quantitative estimate of drug-likeness (QED) is 0.461. The number of fused-ring (bicyclic) bond motifs is 3. The predicted octanol–water partition coefficient (Wildman–Crippen LogP) is 2.97. The van der Waals surface area contributed by atoms with Gasteiger partial charge in [-0.2, -0.15) is 0 Å². The number of rotatable bonds is 4. The molecule has 0 aliphatic carbocycles. The lowest BCUT2D eigenvalue weighted by Gasteiger charge is -2.25. The van der Waals surface area contributed by atoms with Crippen LogP contribution in [-0.2, 0) is 6.54 Å². The van der Waals surface area contributed by atoms with Crippen LogP contribution in [0.5, 0.6) is 0 Å². The summed E-state index contributed by atoms with van der Waals surface area (Å²) in [6.45, 7) is 5.10. The lowest BCUT2D eigenvalue weighted by molar-refractivity contribution is 0.233. The monoisotopic (exact) mass is 391 g/mol. The van der Waals surface area contributed by atoms with E-state index in [9.17, 15) is 0 Å². The van der Waals surface area contributed by atoms with Crippen LogP contribution in [0.15, 0.2) is 42.6 Å². The van der Waals surface area contributed by atoms with Gasteiger partial charge < -0.3 is 16.4 Å². The number of hydrogen-bond donors (Lipinski definition) is 3. The second-order valence-electron chi connectivity index (χ2n) is 6.93. The van der Waals surface area contributed by atoms with Gasteiger partial charge in [0.05, 0.1) is 11.2 Å². The van der Waals surface area contributed by atoms with Gasteiger partial charge in [0.2, 0.25) is 5.95 Å². The first kappa shape index (κ1) is 17.3. The fraction of sp³-hybridized carbons (Fsp3) is 0.250. The zero-order valence-electron chi connectivity index (χ0n) is 15.4. The molecule has 1 saturated heterocycles. The highest BCUT2D eigenvalue weighted by molar-refractivity contribution is 7.18. The maximum absolute atomic E-state index is 5.86. The van der Waals surface area contributed by atoms with Gasteiger partial charge in [0.25, 0.3) is 0 Å². The predicted molar refractivity (Wildman–Crippen MR) is 115 cm³/mol. The van der Waals surface area contributed by atoms with Crippen LogP contribution in [0.3, 0.4) is 0 Å². The Kier molecular flexibility index (Phi) is 4.52. The Morgan fingerprint density at radius 1 is 1.11 bits per heavy atom. The highest BCUT2D eigenvalue weighted by Gasteiger charge is 2.15. The molecule has 1 fully saturated rings. The minimum Gasteiger partial charge on any atom is -0.399 e. The first-order valence-electron chi connectivity index (χ1n) is 9.35. The van der Waals surface area contributed by atoms with Gasteiger partial charge in [0.15, 0.2) is 0 Å². The fourth-order valence-electron chi connectivity index (χ4n) is 3.46. The normalized spacial score (nSPS) is 15.3. The maximum Gasteiger partial charge on any atom is 0.227 e. The average molecular weight is 392 g/mol. The number of aromatic nitrogens is 3. The summed E-state index contributed by atoms with van der Waals surface area (Å²) in [7, 11) is 0. The largest absolute Gasteiger partial charge is 0.399 e. The van der Waals surface area contributed by atoms with Crippen molar-refractivity contribution in [1.29, 1.82) is 0 Å². The second-order valence-corrected chi connectivity index (χ2v) is 8.04.